The molecule has 1 aromatic heterocycles. The van der Waals surface area contributed by atoms with Crippen LogP contribution in [0.4, 0.5) is 0 Å². The lowest BCUT2D eigenvalue weighted by Crippen LogP contribution is -2.30. The number of aromatic nitrogens is 2. The van der Waals surface area contributed by atoms with Crippen LogP contribution < -0.4 is 10.1 Å². The summed E-state index contributed by atoms with van der Waals surface area (Å²) in [6, 6.07) is 0.394. The highest BCUT2D eigenvalue weighted by molar-refractivity contribution is 5.87. The number of nitrogens with one attached hydrogen (secondary N) is 1. The number of nitrogens with zero attached hydrogens (tertiary/aromatic N) is 3. The lowest BCUT2D eigenvalue weighted by Gasteiger charge is -2.16. The van der Waals surface area contributed by atoms with Crippen LogP contribution in [0.3, 0.4) is 0 Å². The van der Waals surface area contributed by atoms with Crippen molar-refractivity contribution in [1.29, 1.82) is 0 Å². The smallest absolute Gasteiger partial charge is 0.316 e. The van der Waals surface area contributed by atoms with Gasteiger partial charge in [0.25, 0.3) is 0 Å². The van der Waals surface area contributed by atoms with Crippen molar-refractivity contribution < 1.29 is 9.53 Å². The summed E-state index contributed by atoms with van der Waals surface area (Å²) < 4.78 is 4.96. The first kappa shape index (κ1) is 16.4. The topological polar surface area (TPSA) is 67.3 Å². The maximum Gasteiger partial charge on any atom is 0.316 e. The second-order valence-electron chi connectivity index (χ2n) is 5.93. The van der Waals surface area contributed by atoms with Gasteiger partial charge in [-0.3, -0.25) is 9.69 Å². The molecule has 1 aliphatic heterocycles. The molecule has 0 radical (unpaired) electrons. The molecule has 2 heterocycles. The number of amides is 1. The third-order valence-electron chi connectivity index (χ3n) is 3.63. The molecule has 1 aliphatic rings. The Morgan fingerprint density at radius 2 is 2.18 bits per heavy atom. The number of hydrogen-bond acceptors (Lipinski definition) is 5. The van der Waals surface area contributed by atoms with E-state index in [0.717, 1.165) is 43.7 Å². The monoisotopic (exact) mass is 304 g/mol. The number of allylic oxidation sites excluding steroid dienone is 1. The second-order valence-corrected chi connectivity index (χ2v) is 5.93. The van der Waals surface area contributed by atoms with Crippen LogP contribution >= 0.6 is 0 Å². The molecule has 6 heteroatoms. The Kier molecular flexibility index (Phi) is 5.89. The highest BCUT2D eigenvalue weighted by Crippen LogP contribution is 2.18. The maximum atomic E-state index is 11.6. The minimum absolute atomic E-state index is 0.00186. The molecule has 22 heavy (non-hydrogen) atoms. The number of rotatable bonds is 6. The fraction of sp³-hybridized carbons (Fsp3) is 0.562. The van der Waals surface area contributed by atoms with Crippen LogP contribution in [-0.4, -0.2) is 47.5 Å². The molecule has 0 bridgehead atoms. The van der Waals surface area contributed by atoms with Gasteiger partial charge in [0.15, 0.2) is 0 Å². The van der Waals surface area contributed by atoms with E-state index in [1.165, 1.54) is 0 Å². The first-order valence-corrected chi connectivity index (χ1v) is 7.57. The molecule has 2 rings (SSSR count). The first-order chi connectivity index (χ1) is 10.6. The predicted octanol–water partition coefficient (Wildman–Crippen LogP) is 1.39. The summed E-state index contributed by atoms with van der Waals surface area (Å²) >= 11 is 0. The molecule has 0 aliphatic carbocycles. The fourth-order valence-corrected chi connectivity index (χ4v) is 2.57. The van der Waals surface area contributed by atoms with Gasteiger partial charge in [-0.15, -0.1) is 0 Å². The minimum Gasteiger partial charge on any atom is -0.467 e. The Balaban J connectivity index is 1.75. The molecule has 1 atom stereocenters. The van der Waals surface area contributed by atoms with E-state index >= 15 is 0 Å². The molecule has 1 fully saturated rings. The molecule has 0 saturated carbocycles. The number of ether oxygens (including phenoxy) is 1. The Hall–Kier alpha value is -1.95. The molecule has 6 nitrogen and oxygen atoms in total. The van der Waals surface area contributed by atoms with E-state index in [0.29, 0.717) is 11.9 Å². The predicted molar refractivity (Wildman–Crippen MR) is 84.4 cm³/mol. The zero-order valence-electron chi connectivity index (χ0n) is 13.5. The van der Waals surface area contributed by atoms with Gasteiger partial charge in [0.2, 0.25) is 5.91 Å². The highest BCUT2D eigenvalue weighted by atomic mass is 16.5. The van der Waals surface area contributed by atoms with E-state index in [-0.39, 0.29) is 5.91 Å². The van der Waals surface area contributed by atoms with Crippen LogP contribution in [0.25, 0.3) is 0 Å². The van der Waals surface area contributed by atoms with Gasteiger partial charge in [-0.25, -0.2) is 9.97 Å². The summed E-state index contributed by atoms with van der Waals surface area (Å²) in [6.07, 6.45) is 6.35. The Morgan fingerprint density at radius 3 is 2.82 bits per heavy atom. The number of likely N-dealkylation sites (tertiary alicyclic amines) is 1. The van der Waals surface area contributed by atoms with Gasteiger partial charge in [0.05, 0.1) is 7.11 Å². The van der Waals surface area contributed by atoms with Crippen LogP contribution in [0.5, 0.6) is 6.01 Å². The largest absolute Gasteiger partial charge is 0.467 e. The second kappa shape index (κ2) is 7.89. The number of methoxy groups -OCH3 is 1. The van der Waals surface area contributed by atoms with Crippen molar-refractivity contribution in [1.82, 2.24) is 20.2 Å². The lowest BCUT2D eigenvalue weighted by atomic mass is 10.1. The van der Waals surface area contributed by atoms with Gasteiger partial charge >= 0.3 is 6.01 Å². The molecule has 1 unspecified atom stereocenters. The average Bonchev–Trinajstić information content (AvgIpc) is 2.93. The van der Waals surface area contributed by atoms with Crippen molar-refractivity contribution in [3.8, 4) is 6.01 Å². The van der Waals surface area contributed by atoms with Gasteiger partial charge in [-0.05, 0) is 32.7 Å². The standard InChI is InChI=1S/C16H24N4O2/c1-12(2)6-15(21)17-7-13-4-5-20(10-13)11-14-8-18-16(22-3)19-9-14/h6,8-9,13H,4-5,7,10-11H2,1-3H3,(H,17,21). The summed E-state index contributed by atoms with van der Waals surface area (Å²) in [5.41, 5.74) is 2.10. The van der Waals surface area contributed by atoms with Crippen LogP contribution in [0, 0.1) is 5.92 Å². The van der Waals surface area contributed by atoms with Crippen molar-refractivity contribution in [2.45, 2.75) is 26.8 Å². The van der Waals surface area contributed by atoms with Gasteiger partial charge in [0, 0.05) is 43.7 Å². The molecule has 1 N–H and O–H groups in total. The summed E-state index contributed by atoms with van der Waals surface area (Å²) in [4.78, 5) is 22.2. The van der Waals surface area contributed by atoms with Crippen LogP contribution in [0.2, 0.25) is 0 Å². The number of hydrogen-bond donors (Lipinski definition) is 1. The van der Waals surface area contributed by atoms with Crippen molar-refractivity contribution in [2.75, 3.05) is 26.7 Å². The van der Waals surface area contributed by atoms with Crippen molar-refractivity contribution in [3.63, 3.8) is 0 Å². The lowest BCUT2D eigenvalue weighted by molar-refractivity contribution is -0.116. The molecular weight excluding hydrogens is 280 g/mol. The van der Waals surface area contributed by atoms with Crippen LogP contribution in [-0.2, 0) is 11.3 Å². The molecule has 120 valence electrons. The zero-order valence-corrected chi connectivity index (χ0v) is 13.5. The Bertz CT molecular complexity index is 523. The Labute approximate surface area is 131 Å². The molecule has 1 amide bonds. The third-order valence-corrected chi connectivity index (χ3v) is 3.63. The highest BCUT2D eigenvalue weighted by Gasteiger charge is 2.22. The summed E-state index contributed by atoms with van der Waals surface area (Å²) in [5, 5.41) is 2.97. The van der Waals surface area contributed by atoms with Crippen molar-refractivity contribution in [2.24, 2.45) is 5.92 Å². The third kappa shape index (κ3) is 5.11. The van der Waals surface area contributed by atoms with E-state index in [9.17, 15) is 4.79 Å². The number of carbonyl (C=O) groups is 1. The zero-order chi connectivity index (χ0) is 15.9. The van der Waals surface area contributed by atoms with Gasteiger partial charge in [-0.1, -0.05) is 5.57 Å². The first-order valence-electron chi connectivity index (χ1n) is 7.57. The van der Waals surface area contributed by atoms with E-state index in [4.69, 9.17) is 4.74 Å². The summed E-state index contributed by atoms with van der Waals surface area (Å²) in [6.45, 7) is 7.44. The maximum absolute atomic E-state index is 11.6. The summed E-state index contributed by atoms with van der Waals surface area (Å²) in [5.74, 6) is 0.510. The van der Waals surface area contributed by atoms with Crippen LogP contribution in [0.15, 0.2) is 24.0 Å². The minimum atomic E-state index is 0.00186. The quantitative estimate of drug-likeness (QED) is 0.805. The molecule has 0 aromatic carbocycles. The van der Waals surface area contributed by atoms with Crippen LogP contribution in [0.1, 0.15) is 25.8 Å². The fourth-order valence-electron chi connectivity index (χ4n) is 2.57. The van der Waals surface area contributed by atoms with Gasteiger partial charge in [-0.2, -0.15) is 0 Å². The molecule has 1 saturated heterocycles. The van der Waals surface area contributed by atoms with Crippen molar-refractivity contribution in [3.05, 3.63) is 29.6 Å². The number of carbonyl (C=O) groups excluding carboxylic acids is 1. The average molecular weight is 304 g/mol. The van der Waals surface area contributed by atoms with E-state index < -0.39 is 0 Å². The van der Waals surface area contributed by atoms with E-state index in [2.05, 4.69) is 20.2 Å². The Morgan fingerprint density at radius 1 is 1.45 bits per heavy atom. The normalized spacial score (nSPS) is 18.0. The molecule has 0 spiro atoms. The molecular formula is C16H24N4O2. The van der Waals surface area contributed by atoms with E-state index in [1.54, 1.807) is 25.6 Å². The van der Waals surface area contributed by atoms with Gasteiger partial charge < -0.3 is 10.1 Å². The summed E-state index contributed by atoms with van der Waals surface area (Å²) in [7, 11) is 1.56. The SMILES string of the molecule is COc1ncc(CN2CCC(CNC(=O)C=C(C)C)C2)cn1. The van der Waals surface area contributed by atoms with Crippen molar-refractivity contribution >= 4 is 5.91 Å². The van der Waals surface area contributed by atoms with Gasteiger partial charge in [0.1, 0.15) is 0 Å². The molecule has 1 aromatic rings. The van der Waals surface area contributed by atoms with E-state index in [1.807, 2.05) is 13.8 Å².